The molecule has 70 heavy (non-hydrogen) atoms. The van der Waals surface area contributed by atoms with Gasteiger partial charge in [-0.15, -0.1) is 0 Å². The lowest BCUT2D eigenvalue weighted by Gasteiger charge is -2.43. The van der Waals surface area contributed by atoms with Crippen molar-refractivity contribution in [1.29, 1.82) is 0 Å². The number of rotatable bonds is 15. The molecule has 2 amide bonds. The van der Waals surface area contributed by atoms with Gasteiger partial charge in [0.05, 0.1) is 34.6 Å². The minimum atomic E-state index is -2.72. The summed E-state index contributed by atoms with van der Waals surface area (Å²) in [6.45, 7) is 10.2. The molecule has 1 saturated carbocycles. The van der Waals surface area contributed by atoms with E-state index in [4.69, 9.17) is 9.72 Å². The first-order chi connectivity index (χ1) is 33.7. The number of fused-ring (bicyclic) bond motifs is 1. The summed E-state index contributed by atoms with van der Waals surface area (Å²) in [5.41, 5.74) is 4.84. The normalized spacial score (nSPS) is 18.6. The lowest BCUT2D eigenvalue weighted by Crippen LogP contribution is -2.53. The van der Waals surface area contributed by atoms with Crippen LogP contribution in [0.5, 0.6) is 5.75 Å². The molecular formula is C52H58BrF2N10O4P. The number of amides is 2. The lowest BCUT2D eigenvalue weighted by atomic mass is 9.89. The Hall–Kier alpha value is -5.74. The summed E-state index contributed by atoms with van der Waals surface area (Å²) in [5.74, 6) is -1.39. The van der Waals surface area contributed by atoms with Crippen molar-refractivity contribution in [2.45, 2.75) is 56.9 Å². The highest BCUT2D eigenvalue weighted by molar-refractivity contribution is 9.10. The summed E-state index contributed by atoms with van der Waals surface area (Å²) in [5, 5.41) is 16.5. The number of halogens is 3. The van der Waals surface area contributed by atoms with Gasteiger partial charge in [0.25, 0.3) is 0 Å². The Morgan fingerprint density at radius 1 is 0.886 bits per heavy atom. The highest BCUT2D eigenvalue weighted by Gasteiger charge is 2.34. The molecule has 1 aliphatic carbocycles. The molecule has 18 heteroatoms. The molecular weight excluding hydrogens is 978 g/mol. The van der Waals surface area contributed by atoms with Gasteiger partial charge >= 0.3 is 0 Å². The van der Waals surface area contributed by atoms with E-state index >= 15 is 8.78 Å². The second kappa shape index (κ2) is 20.2. The van der Waals surface area contributed by atoms with Crippen molar-refractivity contribution in [2.24, 2.45) is 13.0 Å². The van der Waals surface area contributed by atoms with E-state index in [0.717, 1.165) is 115 Å². The van der Waals surface area contributed by atoms with Crippen molar-refractivity contribution in [1.82, 2.24) is 34.9 Å². The van der Waals surface area contributed by atoms with Crippen molar-refractivity contribution >= 4 is 79.8 Å². The molecule has 2 aromatic heterocycles. The zero-order chi connectivity index (χ0) is 48.7. The van der Waals surface area contributed by atoms with Crippen LogP contribution in [0.2, 0.25) is 0 Å². The predicted molar refractivity (Wildman–Crippen MR) is 275 cm³/mol. The number of carbonyl (C=O) groups is 2. The van der Waals surface area contributed by atoms with Crippen LogP contribution < -0.4 is 30.9 Å². The maximum Gasteiger partial charge on any atom is 0.234 e. The molecule has 0 spiro atoms. The molecule has 3 N–H and O–H groups in total. The zero-order valence-corrected chi connectivity index (χ0v) is 42.2. The third-order valence-electron chi connectivity index (χ3n) is 14.1. The van der Waals surface area contributed by atoms with Gasteiger partial charge in [0.15, 0.2) is 0 Å². The summed E-state index contributed by atoms with van der Waals surface area (Å²) in [6, 6.07) is 19.4. The number of piperidine rings is 2. The van der Waals surface area contributed by atoms with E-state index in [1.165, 1.54) is 12.1 Å². The Morgan fingerprint density at radius 2 is 1.64 bits per heavy atom. The summed E-state index contributed by atoms with van der Waals surface area (Å²) in [4.78, 5) is 40.9. The molecule has 366 valence electrons. The minimum absolute atomic E-state index is 0.0603. The molecule has 3 aliphatic heterocycles. The predicted octanol–water partition coefficient (Wildman–Crippen LogP) is 8.94. The van der Waals surface area contributed by atoms with Crippen molar-refractivity contribution in [2.75, 3.05) is 81.3 Å². The molecule has 14 nitrogen and oxygen atoms in total. The van der Waals surface area contributed by atoms with Gasteiger partial charge < -0.3 is 29.7 Å². The number of piperazine rings is 1. The molecule has 0 bridgehead atoms. The molecule has 4 aromatic carbocycles. The van der Waals surface area contributed by atoms with E-state index in [0.29, 0.717) is 53.3 Å². The van der Waals surface area contributed by atoms with Gasteiger partial charge in [0.2, 0.25) is 17.8 Å². The highest BCUT2D eigenvalue weighted by atomic mass is 79.9. The van der Waals surface area contributed by atoms with Gasteiger partial charge in [-0.25, -0.2) is 13.8 Å². The molecule has 6 aromatic rings. The fourth-order valence-corrected chi connectivity index (χ4v) is 12.0. The van der Waals surface area contributed by atoms with Gasteiger partial charge in [0.1, 0.15) is 30.3 Å². The van der Waals surface area contributed by atoms with Gasteiger partial charge in [-0.1, -0.05) is 30.3 Å². The second-order valence-electron chi connectivity index (χ2n) is 19.5. The largest absolute Gasteiger partial charge is 0.491 e. The van der Waals surface area contributed by atoms with Gasteiger partial charge in [-0.05, 0) is 114 Å². The first kappa shape index (κ1) is 47.9. The van der Waals surface area contributed by atoms with Crippen LogP contribution in [0, 0.1) is 17.6 Å². The van der Waals surface area contributed by atoms with Crippen molar-refractivity contribution in [3.63, 3.8) is 0 Å². The van der Waals surface area contributed by atoms with Crippen LogP contribution in [-0.2, 0) is 27.6 Å². The Kier molecular flexibility index (Phi) is 13.8. The van der Waals surface area contributed by atoms with Crippen LogP contribution in [0.4, 0.5) is 37.6 Å². The Balaban J connectivity index is 0.822. The second-order valence-corrected chi connectivity index (χ2v) is 23.5. The standard InChI is InChI=1S/C52H58BrF2N10O4P/c1-62-30-35(28-57-62)39-26-44(59-52-56-29-40(53)50(61-52)58-43-12-10-34-6-4-5-7-37(34)49(43)70(2,3)68)46(69-31-32-8-9-32)27-45(39)65-18-15-36(16-19-65)64-22-20-63(21-23-64)17-14-33-24-41(54)48(42(55)25-33)38-11-13-47(66)60-51(38)67/h4-7,10,12,24-30,32,36,38H,8-9,11,13-23,31H2,1-3H3,(H,60,66,67)(H2,56,58,59,61)/t38-/m0/s1. The number of benzene rings is 4. The number of imide groups is 1. The quantitative estimate of drug-likeness (QED) is 0.0666. The first-order valence-electron chi connectivity index (χ1n) is 24.2. The minimum Gasteiger partial charge on any atom is -0.491 e. The maximum atomic E-state index is 15.2. The van der Waals surface area contributed by atoms with Crippen molar-refractivity contribution in [3.05, 3.63) is 106 Å². The van der Waals surface area contributed by atoms with Crippen LogP contribution in [-0.4, -0.2) is 113 Å². The van der Waals surface area contributed by atoms with Crippen LogP contribution in [0.1, 0.15) is 55.6 Å². The van der Waals surface area contributed by atoms with E-state index in [1.807, 2.05) is 60.5 Å². The molecule has 0 unspecified atom stereocenters. The summed E-state index contributed by atoms with van der Waals surface area (Å²) in [7, 11) is -0.800. The number of nitrogens with one attached hydrogen (secondary N) is 3. The Morgan fingerprint density at radius 3 is 2.34 bits per heavy atom. The first-order valence-corrected chi connectivity index (χ1v) is 27.6. The third-order valence-corrected chi connectivity index (χ3v) is 16.3. The third kappa shape index (κ3) is 10.6. The van der Waals surface area contributed by atoms with E-state index in [-0.39, 0.29) is 18.4 Å². The molecule has 0 radical (unpaired) electrons. The number of ether oxygens (including phenoxy) is 1. The maximum absolute atomic E-state index is 15.2. The number of hydrogen-bond donors (Lipinski definition) is 3. The molecule has 4 fully saturated rings. The van der Waals surface area contributed by atoms with E-state index < -0.39 is 36.5 Å². The molecule has 1 atom stereocenters. The highest BCUT2D eigenvalue weighted by Crippen LogP contribution is 2.44. The number of anilines is 5. The number of aromatic nitrogens is 4. The summed E-state index contributed by atoms with van der Waals surface area (Å²) in [6.07, 6.45) is 10.6. The van der Waals surface area contributed by atoms with Gasteiger partial charge in [0, 0.05) is 111 Å². The Labute approximate surface area is 415 Å². The van der Waals surface area contributed by atoms with Crippen LogP contribution in [0.25, 0.3) is 21.9 Å². The number of nitrogens with zero attached hydrogens (tertiary/aromatic N) is 7. The van der Waals surface area contributed by atoms with Gasteiger partial charge in [-0.3, -0.25) is 24.5 Å². The fourth-order valence-electron chi connectivity index (χ4n) is 10.2. The van der Waals surface area contributed by atoms with Crippen molar-refractivity contribution in [3.8, 4) is 16.9 Å². The molecule has 5 heterocycles. The van der Waals surface area contributed by atoms with E-state index in [1.54, 1.807) is 19.5 Å². The smallest absolute Gasteiger partial charge is 0.234 e. The van der Waals surface area contributed by atoms with Crippen molar-refractivity contribution < 1.29 is 27.7 Å². The van der Waals surface area contributed by atoms with Crippen LogP contribution in [0.3, 0.4) is 0 Å². The van der Waals surface area contributed by atoms with Gasteiger partial charge in [-0.2, -0.15) is 10.1 Å². The van der Waals surface area contributed by atoms with E-state index in [9.17, 15) is 14.2 Å². The summed E-state index contributed by atoms with van der Waals surface area (Å²) < 4.78 is 53.3. The lowest BCUT2D eigenvalue weighted by molar-refractivity contribution is -0.134. The average molecular weight is 1040 g/mol. The number of hydrogen-bond acceptors (Lipinski definition) is 12. The van der Waals surface area contributed by atoms with Crippen LogP contribution in [0.15, 0.2) is 83.7 Å². The topological polar surface area (TPSA) is 150 Å². The zero-order valence-electron chi connectivity index (χ0n) is 39.7. The SMILES string of the molecule is Cn1cc(-c2cc(Nc3ncc(Br)c(Nc4ccc5ccccc5c4P(C)(C)=O)n3)c(OCC3CC3)cc2N2CCC(N3CCN(CCc4cc(F)c([C@@H]5CCC(=O)NC5=O)c(F)c4)CC3)CC2)cn1. The fraction of sp³-hybridized carbons (Fsp3) is 0.404. The average Bonchev–Trinajstić information content (AvgIpc) is 4.08. The number of aryl methyl sites for hydroxylation is 1. The molecule has 4 aliphatic rings. The monoisotopic (exact) mass is 1030 g/mol. The summed E-state index contributed by atoms with van der Waals surface area (Å²) >= 11 is 3.66. The van der Waals surface area contributed by atoms with E-state index in [2.05, 4.69) is 68.8 Å². The number of carbonyl (C=O) groups excluding carboxylic acids is 2. The Bertz CT molecular complexity index is 2980. The molecule has 10 rings (SSSR count). The molecule has 3 saturated heterocycles. The van der Waals surface area contributed by atoms with Crippen LogP contribution >= 0.6 is 23.1 Å².